The van der Waals surface area contributed by atoms with Gasteiger partial charge in [0.05, 0.1) is 34.2 Å². The third-order valence-corrected chi connectivity index (χ3v) is 8.34. The smallest absolute Gasteiger partial charge is 0.127 e. The van der Waals surface area contributed by atoms with Crippen LogP contribution in [0, 0.1) is 0 Å². The van der Waals surface area contributed by atoms with E-state index >= 15 is 0 Å². The Balaban J connectivity index is 1.76. The Bertz CT molecular complexity index is 1200. The zero-order chi connectivity index (χ0) is 19.3. The van der Waals surface area contributed by atoms with Gasteiger partial charge in [0, 0.05) is 47.4 Å². The van der Waals surface area contributed by atoms with Gasteiger partial charge in [-0.3, -0.25) is 4.21 Å². The highest BCUT2D eigenvalue weighted by Crippen LogP contribution is 2.44. The Morgan fingerprint density at radius 2 is 2.04 bits per heavy atom. The van der Waals surface area contributed by atoms with Crippen LogP contribution in [0.3, 0.4) is 0 Å². The molecule has 0 bridgehead atoms. The maximum atomic E-state index is 13.0. The number of thiophene rings is 1. The van der Waals surface area contributed by atoms with E-state index in [-0.39, 0.29) is 5.25 Å². The molecule has 1 aliphatic carbocycles. The molecule has 1 aliphatic rings. The van der Waals surface area contributed by atoms with Gasteiger partial charge in [-0.2, -0.15) is 0 Å². The first-order chi connectivity index (χ1) is 13.6. The van der Waals surface area contributed by atoms with E-state index in [1.807, 2.05) is 23.9 Å². The van der Waals surface area contributed by atoms with E-state index in [0.717, 1.165) is 56.2 Å². The molecule has 1 saturated carbocycles. The molecule has 0 saturated heterocycles. The van der Waals surface area contributed by atoms with Crippen molar-refractivity contribution in [3.63, 3.8) is 0 Å². The predicted molar refractivity (Wildman–Crippen MR) is 111 cm³/mol. The number of nitrogen functional groups attached to an aromatic ring is 1. The van der Waals surface area contributed by atoms with Gasteiger partial charge in [-0.15, -0.1) is 11.3 Å². The maximum Gasteiger partial charge on any atom is 0.127 e. The first kappa shape index (κ1) is 17.4. The summed E-state index contributed by atoms with van der Waals surface area (Å²) >= 11 is 1.42. The summed E-state index contributed by atoms with van der Waals surface area (Å²) in [6.07, 6.45) is 11.8. The number of nitrogens with two attached hydrogens (primary N) is 1. The van der Waals surface area contributed by atoms with Gasteiger partial charge in [-0.1, -0.05) is 6.42 Å². The maximum absolute atomic E-state index is 13.0. The Hall–Kier alpha value is -2.65. The van der Waals surface area contributed by atoms with Crippen molar-refractivity contribution in [2.75, 3.05) is 5.73 Å². The Labute approximate surface area is 168 Å². The Morgan fingerprint density at radius 3 is 2.68 bits per heavy atom. The number of anilines is 1. The van der Waals surface area contributed by atoms with Gasteiger partial charge in [0.2, 0.25) is 0 Å². The molecule has 0 amide bonds. The number of imidazole rings is 1. The Morgan fingerprint density at radius 1 is 1.25 bits per heavy atom. The highest BCUT2D eigenvalue weighted by Gasteiger charge is 2.29. The van der Waals surface area contributed by atoms with Crippen LogP contribution in [0.5, 0.6) is 0 Å². The van der Waals surface area contributed by atoms with Gasteiger partial charge in [0.1, 0.15) is 15.4 Å². The van der Waals surface area contributed by atoms with E-state index in [2.05, 4.69) is 15.0 Å². The standard InChI is InChI=1S/C19H18N6OS2/c1-25-8-15(23-10-25)13-5-14(11-6-21-9-22-7-11)24-18-16(13)17(20)19(27-18)28(26)12-3-2-4-12/h5-10,12H,2-4,20H2,1H3/t28-/m1/s1. The van der Waals surface area contributed by atoms with Crippen LogP contribution in [-0.2, 0) is 17.8 Å². The molecule has 4 aromatic rings. The molecular formula is C19H18N6OS2. The monoisotopic (exact) mass is 410 g/mol. The Kier molecular flexibility index (Phi) is 4.21. The minimum Gasteiger partial charge on any atom is -0.396 e. The van der Waals surface area contributed by atoms with Crippen molar-refractivity contribution in [2.45, 2.75) is 28.7 Å². The summed E-state index contributed by atoms with van der Waals surface area (Å²) < 4.78 is 15.6. The van der Waals surface area contributed by atoms with Crippen LogP contribution < -0.4 is 5.73 Å². The second-order valence-electron chi connectivity index (χ2n) is 6.94. The highest BCUT2D eigenvalue weighted by molar-refractivity contribution is 7.88. The molecule has 0 aromatic carbocycles. The number of hydrogen-bond acceptors (Lipinski definition) is 7. The summed E-state index contributed by atoms with van der Waals surface area (Å²) in [6, 6.07) is 1.96. The zero-order valence-electron chi connectivity index (χ0n) is 15.2. The molecule has 142 valence electrons. The first-order valence-corrected chi connectivity index (χ1v) is 11.0. The van der Waals surface area contributed by atoms with Crippen LogP contribution in [0.25, 0.3) is 32.7 Å². The zero-order valence-corrected chi connectivity index (χ0v) is 16.8. The molecular weight excluding hydrogens is 392 g/mol. The van der Waals surface area contributed by atoms with E-state index in [1.165, 1.54) is 17.7 Å². The van der Waals surface area contributed by atoms with E-state index in [0.29, 0.717) is 5.69 Å². The number of pyridine rings is 1. The molecule has 4 heterocycles. The number of fused-ring (bicyclic) bond motifs is 1. The minimum atomic E-state index is -1.09. The van der Waals surface area contributed by atoms with Crippen LogP contribution in [0.1, 0.15) is 19.3 Å². The number of nitrogens with zero attached hydrogens (tertiary/aromatic N) is 5. The topological polar surface area (TPSA) is 99.6 Å². The molecule has 0 aliphatic heterocycles. The molecule has 0 spiro atoms. The van der Waals surface area contributed by atoms with Crippen molar-refractivity contribution in [1.29, 1.82) is 0 Å². The lowest BCUT2D eigenvalue weighted by Crippen LogP contribution is -2.23. The quantitative estimate of drug-likeness (QED) is 0.553. The summed E-state index contributed by atoms with van der Waals surface area (Å²) in [5.74, 6) is 0. The molecule has 2 N–H and O–H groups in total. The van der Waals surface area contributed by atoms with E-state index in [4.69, 9.17) is 10.7 Å². The number of aryl methyl sites for hydroxylation is 1. The van der Waals surface area contributed by atoms with E-state index < -0.39 is 10.8 Å². The SMILES string of the molecule is Cn1cnc(-c2cc(-c3cncnc3)nc3sc([S@](=O)C4CCC4)c(N)c23)c1. The van der Waals surface area contributed by atoms with Gasteiger partial charge in [-0.25, -0.2) is 19.9 Å². The number of aromatic nitrogens is 5. The van der Waals surface area contributed by atoms with Gasteiger partial charge in [0.15, 0.2) is 0 Å². The second-order valence-corrected chi connectivity index (χ2v) is 9.87. The normalized spacial score (nSPS) is 15.6. The lowest BCUT2D eigenvalue weighted by molar-refractivity contribution is 0.505. The third-order valence-electron chi connectivity index (χ3n) is 5.04. The van der Waals surface area contributed by atoms with Crippen LogP contribution in [-0.4, -0.2) is 34.0 Å². The first-order valence-electron chi connectivity index (χ1n) is 8.99. The highest BCUT2D eigenvalue weighted by atomic mass is 32.2. The molecule has 1 fully saturated rings. The van der Waals surface area contributed by atoms with Crippen LogP contribution >= 0.6 is 11.3 Å². The third kappa shape index (κ3) is 2.82. The van der Waals surface area contributed by atoms with Gasteiger partial charge in [0.25, 0.3) is 0 Å². The van der Waals surface area contributed by atoms with Crippen molar-refractivity contribution in [2.24, 2.45) is 7.05 Å². The van der Waals surface area contributed by atoms with E-state index in [1.54, 1.807) is 18.7 Å². The number of hydrogen-bond donors (Lipinski definition) is 1. The molecule has 4 aromatic heterocycles. The summed E-state index contributed by atoms with van der Waals surface area (Å²) in [7, 11) is 0.833. The summed E-state index contributed by atoms with van der Waals surface area (Å²) in [5, 5.41) is 1.03. The van der Waals surface area contributed by atoms with E-state index in [9.17, 15) is 4.21 Å². The summed E-state index contributed by atoms with van der Waals surface area (Å²) in [4.78, 5) is 18.3. The molecule has 7 nitrogen and oxygen atoms in total. The molecule has 0 radical (unpaired) electrons. The van der Waals surface area contributed by atoms with Crippen LogP contribution in [0.4, 0.5) is 5.69 Å². The minimum absolute atomic E-state index is 0.204. The fraction of sp³-hybridized carbons (Fsp3) is 0.263. The lowest BCUT2D eigenvalue weighted by Gasteiger charge is -2.23. The average Bonchev–Trinajstić information content (AvgIpc) is 3.24. The summed E-state index contributed by atoms with van der Waals surface area (Å²) in [5.41, 5.74) is 10.3. The largest absolute Gasteiger partial charge is 0.396 e. The fourth-order valence-corrected chi connectivity index (χ4v) is 6.53. The average molecular weight is 411 g/mol. The van der Waals surface area contributed by atoms with Gasteiger partial charge >= 0.3 is 0 Å². The lowest BCUT2D eigenvalue weighted by atomic mass is 10.0. The van der Waals surface area contributed by atoms with Gasteiger partial charge < -0.3 is 10.3 Å². The van der Waals surface area contributed by atoms with Crippen LogP contribution in [0.15, 0.2) is 41.5 Å². The van der Waals surface area contributed by atoms with Crippen LogP contribution in [0.2, 0.25) is 0 Å². The predicted octanol–water partition coefficient (Wildman–Crippen LogP) is 3.40. The molecule has 9 heteroatoms. The molecule has 0 unspecified atom stereocenters. The molecule has 28 heavy (non-hydrogen) atoms. The number of rotatable bonds is 4. The summed E-state index contributed by atoms with van der Waals surface area (Å²) in [6.45, 7) is 0. The van der Waals surface area contributed by atoms with Crippen molar-refractivity contribution < 1.29 is 4.21 Å². The second kappa shape index (κ2) is 6.75. The molecule has 1 atom stereocenters. The fourth-order valence-electron chi connectivity index (χ4n) is 3.32. The van der Waals surface area contributed by atoms with Crippen molar-refractivity contribution in [1.82, 2.24) is 24.5 Å². The molecule has 5 rings (SSSR count). The van der Waals surface area contributed by atoms with Crippen molar-refractivity contribution in [3.05, 3.63) is 37.3 Å². The van der Waals surface area contributed by atoms with Crippen molar-refractivity contribution >= 4 is 38.0 Å². The van der Waals surface area contributed by atoms with Crippen molar-refractivity contribution in [3.8, 4) is 22.5 Å². The van der Waals surface area contributed by atoms with Gasteiger partial charge in [-0.05, 0) is 18.9 Å².